The lowest BCUT2D eigenvalue weighted by Crippen LogP contribution is -2.00. The van der Waals surface area contributed by atoms with Crippen LogP contribution >= 0.6 is 0 Å². The highest BCUT2D eigenvalue weighted by molar-refractivity contribution is 5.40. The van der Waals surface area contributed by atoms with Crippen LogP contribution in [0.4, 0.5) is 5.69 Å². The Morgan fingerprint density at radius 2 is 1.15 bits per heavy atom. The molecule has 2 rings (SSSR count). The molecule has 1 unspecified atom stereocenters. The number of anilines is 1. The van der Waals surface area contributed by atoms with E-state index in [4.69, 9.17) is 5.73 Å². The number of nitrogens with two attached hydrogens (primary N) is 1. The third-order valence-electron chi connectivity index (χ3n) is 5.55. The van der Waals surface area contributed by atoms with Gasteiger partial charge in [0.1, 0.15) is 0 Å². The molecule has 2 aromatic carbocycles. The average Bonchev–Trinajstić information content (AvgIpc) is 2.67. The molecule has 0 heterocycles. The van der Waals surface area contributed by atoms with E-state index in [1.165, 1.54) is 80.9 Å². The van der Waals surface area contributed by atoms with Crippen LogP contribution in [0.15, 0.2) is 48.5 Å². The lowest BCUT2D eigenvalue weighted by Gasteiger charge is -2.12. The zero-order valence-electron chi connectivity index (χ0n) is 17.6. The van der Waals surface area contributed by atoms with E-state index < -0.39 is 0 Å². The fourth-order valence-corrected chi connectivity index (χ4v) is 3.80. The van der Waals surface area contributed by atoms with Crippen molar-refractivity contribution >= 4 is 5.69 Å². The third kappa shape index (κ3) is 9.13. The van der Waals surface area contributed by atoms with Crippen LogP contribution in [0, 0.1) is 5.92 Å². The Morgan fingerprint density at radius 3 is 1.74 bits per heavy atom. The van der Waals surface area contributed by atoms with Crippen molar-refractivity contribution < 1.29 is 0 Å². The molecule has 148 valence electrons. The van der Waals surface area contributed by atoms with Crippen molar-refractivity contribution in [3.8, 4) is 0 Å². The summed E-state index contributed by atoms with van der Waals surface area (Å²) < 4.78 is 0. The Morgan fingerprint density at radius 1 is 0.667 bits per heavy atom. The predicted octanol–water partition coefficient (Wildman–Crippen LogP) is 7.57. The summed E-state index contributed by atoms with van der Waals surface area (Å²) in [7, 11) is 0. The number of nitrogen functional groups attached to an aromatic ring is 1. The predicted molar refractivity (Wildman–Crippen MR) is 120 cm³/mol. The highest BCUT2D eigenvalue weighted by atomic mass is 14.5. The second kappa shape index (κ2) is 12.6. The molecule has 0 bridgehead atoms. The molecule has 27 heavy (non-hydrogen) atoms. The Labute approximate surface area is 167 Å². The Balaban J connectivity index is 1.63. The van der Waals surface area contributed by atoms with Gasteiger partial charge >= 0.3 is 0 Å². The number of hydrogen-bond acceptors (Lipinski definition) is 1. The van der Waals surface area contributed by atoms with Gasteiger partial charge in [-0.2, -0.15) is 0 Å². The smallest absolute Gasteiger partial charge is 0.0314 e. The van der Waals surface area contributed by atoms with Crippen LogP contribution in [0.2, 0.25) is 0 Å². The summed E-state index contributed by atoms with van der Waals surface area (Å²) in [6.07, 6.45) is 14.8. The van der Waals surface area contributed by atoms with Gasteiger partial charge in [-0.3, -0.25) is 0 Å². The normalized spacial score (nSPS) is 12.2. The molecular weight excluding hydrogens is 326 g/mol. The van der Waals surface area contributed by atoms with Gasteiger partial charge in [0.05, 0.1) is 0 Å². The van der Waals surface area contributed by atoms with Crippen LogP contribution < -0.4 is 5.73 Å². The fraction of sp³-hybridized carbons (Fsp3) is 0.538. The molecule has 0 aromatic heterocycles. The van der Waals surface area contributed by atoms with Crippen molar-refractivity contribution in [3.63, 3.8) is 0 Å². The van der Waals surface area contributed by atoms with Crippen molar-refractivity contribution in [1.82, 2.24) is 0 Å². The van der Waals surface area contributed by atoms with Gasteiger partial charge in [-0.15, -0.1) is 0 Å². The first kappa shape index (κ1) is 21.5. The number of rotatable bonds is 13. The average molecular weight is 366 g/mol. The van der Waals surface area contributed by atoms with Crippen LogP contribution in [0.1, 0.15) is 88.3 Å². The topological polar surface area (TPSA) is 26.0 Å². The monoisotopic (exact) mass is 365 g/mol. The van der Waals surface area contributed by atoms with Crippen molar-refractivity contribution in [3.05, 3.63) is 65.2 Å². The van der Waals surface area contributed by atoms with Crippen LogP contribution in [-0.4, -0.2) is 0 Å². The van der Waals surface area contributed by atoms with Crippen molar-refractivity contribution in [2.24, 2.45) is 5.92 Å². The second-order valence-electron chi connectivity index (χ2n) is 8.31. The molecule has 0 radical (unpaired) electrons. The first-order chi connectivity index (χ1) is 13.2. The van der Waals surface area contributed by atoms with Crippen LogP contribution in [-0.2, 0) is 12.8 Å². The summed E-state index contributed by atoms with van der Waals surface area (Å²) in [6, 6.07) is 17.4. The molecule has 0 spiro atoms. The van der Waals surface area contributed by atoms with Crippen LogP contribution in [0.3, 0.4) is 0 Å². The van der Waals surface area contributed by atoms with E-state index in [0.717, 1.165) is 18.0 Å². The van der Waals surface area contributed by atoms with Crippen molar-refractivity contribution in [2.45, 2.75) is 84.5 Å². The minimum Gasteiger partial charge on any atom is -0.399 e. The zero-order valence-corrected chi connectivity index (χ0v) is 17.6. The molecule has 1 atom stereocenters. The zero-order chi connectivity index (χ0) is 19.3. The molecule has 2 N–H and O–H groups in total. The van der Waals surface area contributed by atoms with E-state index in [1.807, 2.05) is 12.1 Å². The van der Waals surface area contributed by atoms with Gasteiger partial charge in [-0.05, 0) is 47.6 Å². The highest BCUT2D eigenvalue weighted by Gasteiger charge is 2.05. The minimum absolute atomic E-state index is 0.785. The molecule has 0 saturated heterocycles. The third-order valence-corrected chi connectivity index (χ3v) is 5.55. The van der Waals surface area contributed by atoms with E-state index >= 15 is 0 Å². The second-order valence-corrected chi connectivity index (χ2v) is 8.31. The summed E-state index contributed by atoms with van der Waals surface area (Å²) in [5.41, 5.74) is 10.8. The molecule has 0 saturated carbocycles. The quantitative estimate of drug-likeness (QED) is 0.287. The van der Waals surface area contributed by atoms with Crippen LogP contribution in [0.5, 0.6) is 0 Å². The van der Waals surface area contributed by atoms with Crippen molar-refractivity contribution in [1.29, 1.82) is 0 Å². The Kier molecular flexibility index (Phi) is 10.0. The Hall–Kier alpha value is -1.76. The summed E-state index contributed by atoms with van der Waals surface area (Å²) in [6.45, 7) is 4.69. The largest absolute Gasteiger partial charge is 0.399 e. The van der Waals surface area contributed by atoms with Gasteiger partial charge in [0, 0.05) is 5.69 Å². The van der Waals surface area contributed by atoms with Gasteiger partial charge in [-0.1, -0.05) is 108 Å². The van der Waals surface area contributed by atoms with E-state index in [0.29, 0.717) is 0 Å². The van der Waals surface area contributed by atoms with E-state index in [9.17, 15) is 0 Å². The molecule has 0 aliphatic rings. The molecule has 2 aromatic rings. The molecule has 1 heteroatoms. The van der Waals surface area contributed by atoms with Crippen LogP contribution in [0.25, 0.3) is 0 Å². The number of hydrogen-bond donors (Lipinski definition) is 1. The fourth-order valence-electron chi connectivity index (χ4n) is 3.80. The molecular formula is C26H39N. The molecule has 0 fully saturated rings. The molecule has 0 aliphatic heterocycles. The number of unbranched alkanes of at least 4 members (excludes halogenated alkanes) is 7. The minimum atomic E-state index is 0.785. The lowest BCUT2D eigenvalue weighted by molar-refractivity contribution is 0.478. The SMILES string of the molecule is CCCCCCCCCCC(C)Cc1ccc(Cc2ccc(N)cc2)cc1. The maximum absolute atomic E-state index is 5.76. The first-order valence-electron chi connectivity index (χ1n) is 11.1. The van der Waals surface area contributed by atoms with Gasteiger partial charge in [0.15, 0.2) is 0 Å². The van der Waals surface area contributed by atoms with Crippen molar-refractivity contribution in [2.75, 3.05) is 5.73 Å². The maximum atomic E-state index is 5.76. The molecule has 0 aliphatic carbocycles. The Bertz CT molecular complexity index is 612. The summed E-state index contributed by atoms with van der Waals surface area (Å²) in [5, 5.41) is 0. The summed E-state index contributed by atoms with van der Waals surface area (Å²) >= 11 is 0. The lowest BCUT2D eigenvalue weighted by atomic mass is 9.94. The van der Waals surface area contributed by atoms with E-state index in [1.54, 1.807) is 0 Å². The molecule has 1 nitrogen and oxygen atoms in total. The summed E-state index contributed by atoms with van der Waals surface area (Å²) in [4.78, 5) is 0. The van der Waals surface area contributed by atoms with E-state index in [-0.39, 0.29) is 0 Å². The van der Waals surface area contributed by atoms with Gasteiger partial charge < -0.3 is 5.73 Å². The van der Waals surface area contributed by atoms with Gasteiger partial charge in [0.25, 0.3) is 0 Å². The highest BCUT2D eigenvalue weighted by Crippen LogP contribution is 2.18. The standard InChI is InChI=1S/C26H39N/c1-3-4-5-6-7-8-9-10-11-22(2)20-23-12-14-24(15-13-23)21-25-16-18-26(27)19-17-25/h12-19,22H,3-11,20-21,27H2,1-2H3. The first-order valence-corrected chi connectivity index (χ1v) is 11.1. The van der Waals surface area contributed by atoms with Gasteiger partial charge in [0.2, 0.25) is 0 Å². The van der Waals surface area contributed by atoms with E-state index in [2.05, 4.69) is 50.2 Å². The van der Waals surface area contributed by atoms with Gasteiger partial charge in [-0.25, -0.2) is 0 Å². The molecule has 0 amide bonds. The number of benzene rings is 2. The summed E-state index contributed by atoms with van der Waals surface area (Å²) in [5.74, 6) is 0.785. The maximum Gasteiger partial charge on any atom is 0.0314 e.